The molecule has 1 aliphatic heterocycles. The van der Waals surface area contributed by atoms with E-state index in [0.29, 0.717) is 18.8 Å². The van der Waals surface area contributed by atoms with Gasteiger partial charge in [0.15, 0.2) is 0 Å². The molecule has 1 amide bonds. The van der Waals surface area contributed by atoms with Gasteiger partial charge in [0, 0.05) is 24.8 Å². The lowest BCUT2D eigenvalue weighted by atomic mass is 10.2. The summed E-state index contributed by atoms with van der Waals surface area (Å²) in [5.41, 5.74) is 1.30. The van der Waals surface area contributed by atoms with Crippen LogP contribution in [0.4, 0.5) is 0 Å². The molecule has 1 fully saturated rings. The van der Waals surface area contributed by atoms with E-state index in [-0.39, 0.29) is 11.9 Å². The molecule has 92 valence electrons. The maximum atomic E-state index is 11.8. The fraction of sp³-hybridized carbons (Fsp3) is 0.500. The predicted molar refractivity (Wildman–Crippen MR) is 63.9 cm³/mol. The van der Waals surface area contributed by atoms with Crippen LogP contribution >= 0.6 is 0 Å². The highest BCUT2D eigenvalue weighted by Gasteiger charge is 2.14. The normalized spacial score (nSPS) is 19.9. The number of hydrogen-bond donors (Lipinski definition) is 2. The first-order valence-corrected chi connectivity index (χ1v) is 5.78. The number of rotatable bonds is 3. The van der Waals surface area contributed by atoms with E-state index in [1.165, 1.54) is 0 Å². The van der Waals surface area contributed by atoms with E-state index in [0.717, 1.165) is 18.8 Å². The maximum absolute atomic E-state index is 11.8. The molecular formula is C12H17N3O2. The largest absolute Gasteiger partial charge is 0.378 e. The average molecular weight is 235 g/mol. The van der Waals surface area contributed by atoms with Gasteiger partial charge in [-0.3, -0.25) is 4.79 Å². The lowest BCUT2D eigenvalue weighted by Crippen LogP contribution is -2.48. The number of ether oxygens (including phenoxy) is 1. The number of aromatic nitrogens is 1. The van der Waals surface area contributed by atoms with E-state index in [1.807, 2.05) is 19.1 Å². The van der Waals surface area contributed by atoms with Crippen LogP contribution in [0, 0.1) is 6.92 Å². The Bertz CT molecular complexity index is 389. The van der Waals surface area contributed by atoms with Crippen molar-refractivity contribution in [3.05, 3.63) is 29.6 Å². The zero-order valence-corrected chi connectivity index (χ0v) is 9.90. The average Bonchev–Trinajstić information content (AvgIpc) is 2.37. The third kappa shape index (κ3) is 3.51. The summed E-state index contributed by atoms with van der Waals surface area (Å²) in [5, 5.41) is 6.13. The van der Waals surface area contributed by atoms with Gasteiger partial charge in [0.2, 0.25) is 0 Å². The van der Waals surface area contributed by atoms with Crippen LogP contribution in [0.15, 0.2) is 18.2 Å². The van der Waals surface area contributed by atoms with Gasteiger partial charge in [0.1, 0.15) is 5.69 Å². The lowest BCUT2D eigenvalue weighted by molar-refractivity contribution is 0.0733. The maximum Gasteiger partial charge on any atom is 0.269 e. The monoisotopic (exact) mass is 235 g/mol. The van der Waals surface area contributed by atoms with Gasteiger partial charge in [0.25, 0.3) is 5.91 Å². The predicted octanol–water partition coefficient (Wildman–Crippen LogP) is 0.108. The Morgan fingerprint density at radius 3 is 3.24 bits per heavy atom. The minimum Gasteiger partial charge on any atom is -0.378 e. The molecule has 5 nitrogen and oxygen atoms in total. The molecule has 2 rings (SSSR count). The number of nitrogens with one attached hydrogen (secondary N) is 2. The van der Waals surface area contributed by atoms with Crippen LogP contribution in [0.25, 0.3) is 0 Å². The Labute approximate surface area is 101 Å². The van der Waals surface area contributed by atoms with Crippen molar-refractivity contribution in [2.75, 3.05) is 26.3 Å². The second-order valence-corrected chi connectivity index (χ2v) is 4.10. The van der Waals surface area contributed by atoms with E-state index in [9.17, 15) is 4.79 Å². The van der Waals surface area contributed by atoms with Crippen LogP contribution in [0.1, 0.15) is 16.2 Å². The molecule has 17 heavy (non-hydrogen) atoms. The molecule has 1 aromatic heterocycles. The highest BCUT2D eigenvalue weighted by molar-refractivity contribution is 5.92. The Balaban J connectivity index is 1.84. The quantitative estimate of drug-likeness (QED) is 0.780. The van der Waals surface area contributed by atoms with Crippen LogP contribution in [-0.4, -0.2) is 43.2 Å². The third-order valence-corrected chi connectivity index (χ3v) is 2.63. The highest BCUT2D eigenvalue weighted by atomic mass is 16.5. The molecule has 2 N–H and O–H groups in total. The number of hydrogen-bond acceptors (Lipinski definition) is 4. The van der Waals surface area contributed by atoms with Crippen LogP contribution in [-0.2, 0) is 4.74 Å². The summed E-state index contributed by atoms with van der Waals surface area (Å²) in [7, 11) is 0. The molecule has 1 saturated heterocycles. The van der Waals surface area contributed by atoms with Gasteiger partial charge in [-0.1, -0.05) is 6.07 Å². The summed E-state index contributed by atoms with van der Waals surface area (Å²) in [4.78, 5) is 16.0. The fourth-order valence-electron chi connectivity index (χ4n) is 1.73. The number of morpholine rings is 1. The van der Waals surface area contributed by atoms with E-state index in [2.05, 4.69) is 15.6 Å². The number of aryl methyl sites for hydroxylation is 1. The second kappa shape index (κ2) is 5.75. The van der Waals surface area contributed by atoms with E-state index >= 15 is 0 Å². The first-order valence-electron chi connectivity index (χ1n) is 5.78. The molecule has 2 heterocycles. The summed E-state index contributed by atoms with van der Waals surface area (Å²) in [6, 6.07) is 5.61. The molecular weight excluding hydrogens is 218 g/mol. The molecule has 0 aliphatic carbocycles. The highest BCUT2D eigenvalue weighted by Crippen LogP contribution is 1.98. The van der Waals surface area contributed by atoms with Gasteiger partial charge < -0.3 is 15.4 Å². The molecule has 0 radical (unpaired) electrons. The van der Waals surface area contributed by atoms with Crippen LogP contribution < -0.4 is 10.6 Å². The molecule has 1 atom stereocenters. The minimum atomic E-state index is -0.138. The molecule has 0 saturated carbocycles. The van der Waals surface area contributed by atoms with Crippen LogP contribution in [0.2, 0.25) is 0 Å². The zero-order valence-electron chi connectivity index (χ0n) is 9.90. The summed E-state index contributed by atoms with van der Waals surface area (Å²) in [6.45, 7) is 4.65. The number of nitrogens with zero attached hydrogens (tertiary/aromatic N) is 1. The van der Waals surface area contributed by atoms with Crippen LogP contribution in [0.5, 0.6) is 0 Å². The third-order valence-electron chi connectivity index (χ3n) is 2.63. The molecule has 1 unspecified atom stereocenters. The Kier molecular flexibility index (Phi) is 4.06. The molecule has 0 bridgehead atoms. The van der Waals surface area contributed by atoms with Gasteiger partial charge in [-0.05, 0) is 19.1 Å². The van der Waals surface area contributed by atoms with Crippen LogP contribution in [0.3, 0.4) is 0 Å². The number of pyridine rings is 1. The number of amides is 1. The first kappa shape index (κ1) is 12.0. The van der Waals surface area contributed by atoms with Crippen molar-refractivity contribution in [1.29, 1.82) is 0 Å². The van der Waals surface area contributed by atoms with Gasteiger partial charge in [-0.15, -0.1) is 0 Å². The zero-order chi connectivity index (χ0) is 12.1. The standard InChI is InChI=1S/C12H17N3O2/c1-9-3-2-4-11(15-9)12(16)14-7-10-8-17-6-5-13-10/h2-4,10,13H,5-8H2,1H3,(H,14,16). The molecule has 5 heteroatoms. The summed E-state index contributed by atoms with van der Waals surface area (Å²) < 4.78 is 5.31. The van der Waals surface area contributed by atoms with Crippen molar-refractivity contribution in [2.24, 2.45) is 0 Å². The van der Waals surface area contributed by atoms with Gasteiger partial charge in [-0.25, -0.2) is 4.98 Å². The van der Waals surface area contributed by atoms with Gasteiger partial charge in [0.05, 0.1) is 13.2 Å². The molecule has 0 aromatic carbocycles. The Morgan fingerprint density at radius 1 is 1.65 bits per heavy atom. The van der Waals surface area contributed by atoms with E-state index in [4.69, 9.17) is 4.74 Å². The van der Waals surface area contributed by atoms with Crippen molar-refractivity contribution in [1.82, 2.24) is 15.6 Å². The summed E-state index contributed by atoms with van der Waals surface area (Å²) >= 11 is 0. The minimum absolute atomic E-state index is 0.138. The molecule has 1 aliphatic rings. The molecule has 0 spiro atoms. The Morgan fingerprint density at radius 2 is 2.53 bits per heavy atom. The second-order valence-electron chi connectivity index (χ2n) is 4.10. The van der Waals surface area contributed by atoms with Crippen molar-refractivity contribution < 1.29 is 9.53 Å². The van der Waals surface area contributed by atoms with Crippen molar-refractivity contribution >= 4 is 5.91 Å². The topological polar surface area (TPSA) is 63.2 Å². The van der Waals surface area contributed by atoms with Crippen molar-refractivity contribution in [3.8, 4) is 0 Å². The summed E-state index contributed by atoms with van der Waals surface area (Å²) in [6.07, 6.45) is 0. The Hall–Kier alpha value is -1.46. The fourth-order valence-corrected chi connectivity index (χ4v) is 1.73. The first-order chi connectivity index (χ1) is 8.25. The lowest BCUT2D eigenvalue weighted by Gasteiger charge is -2.23. The van der Waals surface area contributed by atoms with E-state index < -0.39 is 0 Å². The van der Waals surface area contributed by atoms with Gasteiger partial charge in [-0.2, -0.15) is 0 Å². The summed E-state index contributed by atoms with van der Waals surface area (Å²) in [5.74, 6) is -0.138. The number of carbonyl (C=O) groups excluding carboxylic acids is 1. The SMILES string of the molecule is Cc1cccc(C(=O)NCC2COCCN2)n1. The smallest absolute Gasteiger partial charge is 0.269 e. The van der Waals surface area contributed by atoms with E-state index in [1.54, 1.807) is 6.07 Å². The number of carbonyl (C=O) groups is 1. The molecule has 1 aromatic rings. The van der Waals surface area contributed by atoms with Gasteiger partial charge >= 0.3 is 0 Å². The van der Waals surface area contributed by atoms with Crippen molar-refractivity contribution in [2.45, 2.75) is 13.0 Å². The van der Waals surface area contributed by atoms with Crippen molar-refractivity contribution in [3.63, 3.8) is 0 Å².